The fraction of sp³-hybridized carbons (Fsp3) is 0.158. The van der Waals surface area contributed by atoms with Gasteiger partial charge >= 0.3 is 0 Å². The highest BCUT2D eigenvalue weighted by Crippen LogP contribution is 2.21. The Kier molecular flexibility index (Phi) is 4.64. The Morgan fingerprint density at radius 3 is 2.52 bits per heavy atom. The molecule has 0 aliphatic rings. The molecule has 8 nitrogen and oxygen atoms in total. The third kappa shape index (κ3) is 3.50. The SMILES string of the molecule is CC(C)(C(=O)Nc1ccccc1C(N)=O)n1nc(-c2ccco2)ccc1=O. The first-order valence-corrected chi connectivity index (χ1v) is 8.16. The summed E-state index contributed by atoms with van der Waals surface area (Å²) < 4.78 is 6.37. The molecule has 0 spiro atoms. The van der Waals surface area contributed by atoms with Gasteiger partial charge in [-0.3, -0.25) is 14.4 Å². The quantitative estimate of drug-likeness (QED) is 0.715. The molecule has 0 radical (unpaired) electrons. The van der Waals surface area contributed by atoms with Crippen molar-refractivity contribution >= 4 is 17.5 Å². The number of para-hydroxylation sites is 1. The molecule has 2 aromatic heterocycles. The second-order valence-electron chi connectivity index (χ2n) is 6.37. The highest BCUT2D eigenvalue weighted by Gasteiger charge is 2.33. The second kappa shape index (κ2) is 6.91. The number of carbonyl (C=O) groups is 2. The summed E-state index contributed by atoms with van der Waals surface area (Å²) in [4.78, 5) is 36.8. The standard InChI is InChI=1S/C19H18N4O4/c1-19(2,18(26)21-13-7-4-3-6-12(13)17(20)25)23-16(24)10-9-14(22-23)15-8-5-11-27-15/h3-11H,1-2H3,(H2,20,25)(H,21,26). The van der Waals surface area contributed by atoms with Crippen molar-refractivity contribution in [2.45, 2.75) is 19.4 Å². The topological polar surface area (TPSA) is 120 Å². The van der Waals surface area contributed by atoms with Crippen LogP contribution in [0, 0.1) is 0 Å². The van der Waals surface area contributed by atoms with Gasteiger partial charge in [-0.2, -0.15) is 5.10 Å². The minimum Gasteiger partial charge on any atom is -0.463 e. The molecule has 3 N–H and O–H groups in total. The molecule has 8 heteroatoms. The van der Waals surface area contributed by atoms with Gasteiger partial charge in [0.05, 0.1) is 17.5 Å². The van der Waals surface area contributed by atoms with Crippen LogP contribution < -0.4 is 16.6 Å². The molecular formula is C19H18N4O4. The van der Waals surface area contributed by atoms with Gasteiger partial charge in [-0.1, -0.05) is 12.1 Å². The van der Waals surface area contributed by atoms with Crippen molar-refractivity contribution in [2.75, 3.05) is 5.32 Å². The van der Waals surface area contributed by atoms with Crippen molar-refractivity contribution in [2.24, 2.45) is 5.73 Å². The van der Waals surface area contributed by atoms with Gasteiger partial charge in [-0.25, -0.2) is 4.68 Å². The first-order chi connectivity index (χ1) is 12.8. The lowest BCUT2D eigenvalue weighted by molar-refractivity contribution is -0.123. The van der Waals surface area contributed by atoms with E-state index >= 15 is 0 Å². The van der Waals surface area contributed by atoms with Crippen LogP contribution in [0.2, 0.25) is 0 Å². The van der Waals surface area contributed by atoms with E-state index in [0.717, 1.165) is 4.68 Å². The largest absolute Gasteiger partial charge is 0.463 e. The highest BCUT2D eigenvalue weighted by atomic mass is 16.3. The van der Waals surface area contributed by atoms with Crippen LogP contribution in [-0.4, -0.2) is 21.6 Å². The van der Waals surface area contributed by atoms with E-state index in [1.54, 1.807) is 44.2 Å². The van der Waals surface area contributed by atoms with Crippen molar-refractivity contribution in [3.8, 4) is 11.5 Å². The van der Waals surface area contributed by atoms with Crippen LogP contribution in [-0.2, 0) is 10.3 Å². The lowest BCUT2D eigenvalue weighted by Crippen LogP contribution is -2.47. The van der Waals surface area contributed by atoms with Crippen LogP contribution >= 0.6 is 0 Å². The Morgan fingerprint density at radius 1 is 1.11 bits per heavy atom. The van der Waals surface area contributed by atoms with E-state index in [4.69, 9.17) is 10.2 Å². The first-order valence-electron chi connectivity index (χ1n) is 8.16. The lowest BCUT2D eigenvalue weighted by Gasteiger charge is -2.25. The minimum absolute atomic E-state index is 0.172. The van der Waals surface area contributed by atoms with E-state index < -0.39 is 22.9 Å². The molecule has 2 amide bonds. The van der Waals surface area contributed by atoms with Gasteiger partial charge in [0.2, 0.25) is 0 Å². The molecule has 3 rings (SSSR count). The van der Waals surface area contributed by atoms with Gasteiger partial charge in [0.25, 0.3) is 17.4 Å². The maximum Gasteiger partial charge on any atom is 0.267 e. The van der Waals surface area contributed by atoms with Crippen LogP contribution in [0.3, 0.4) is 0 Å². The lowest BCUT2D eigenvalue weighted by atomic mass is 10.0. The summed E-state index contributed by atoms with van der Waals surface area (Å²) in [5.41, 5.74) is 4.40. The first kappa shape index (κ1) is 18.1. The van der Waals surface area contributed by atoms with Crippen molar-refractivity contribution in [3.63, 3.8) is 0 Å². The Labute approximate surface area is 154 Å². The fourth-order valence-electron chi connectivity index (χ4n) is 2.55. The van der Waals surface area contributed by atoms with E-state index in [1.807, 2.05) is 0 Å². The molecule has 1 aromatic carbocycles. The second-order valence-corrected chi connectivity index (χ2v) is 6.37. The molecule has 0 bridgehead atoms. The predicted molar refractivity (Wildman–Crippen MR) is 99.1 cm³/mol. The van der Waals surface area contributed by atoms with Crippen LogP contribution in [0.5, 0.6) is 0 Å². The van der Waals surface area contributed by atoms with Gasteiger partial charge in [-0.05, 0) is 44.2 Å². The van der Waals surface area contributed by atoms with Crippen LogP contribution in [0.15, 0.2) is 64.0 Å². The monoisotopic (exact) mass is 366 g/mol. The molecule has 0 aliphatic carbocycles. The maximum absolute atomic E-state index is 12.9. The van der Waals surface area contributed by atoms with E-state index in [1.165, 1.54) is 24.5 Å². The number of nitrogens with two attached hydrogens (primary N) is 1. The molecule has 0 saturated heterocycles. The number of anilines is 1. The Balaban J connectivity index is 1.97. The third-order valence-electron chi connectivity index (χ3n) is 4.10. The Hall–Kier alpha value is -3.68. The number of hydrogen-bond acceptors (Lipinski definition) is 5. The third-order valence-corrected chi connectivity index (χ3v) is 4.10. The Morgan fingerprint density at radius 2 is 1.85 bits per heavy atom. The summed E-state index contributed by atoms with van der Waals surface area (Å²) in [7, 11) is 0. The number of carbonyl (C=O) groups excluding carboxylic acids is 2. The number of aromatic nitrogens is 2. The molecule has 0 aliphatic heterocycles. The van der Waals surface area contributed by atoms with Crippen molar-refractivity contribution in [3.05, 3.63) is 70.7 Å². The number of nitrogens with one attached hydrogen (secondary N) is 1. The van der Waals surface area contributed by atoms with Gasteiger partial charge in [0.1, 0.15) is 11.2 Å². The molecule has 27 heavy (non-hydrogen) atoms. The molecule has 0 saturated carbocycles. The van der Waals surface area contributed by atoms with Gasteiger partial charge < -0.3 is 15.5 Å². The molecule has 3 aromatic rings. The van der Waals surface area contributed by atoms with Crippen LogP contribution in [0.1, 0.15) is 24.2 Å². The number of hydrogen-bond donors (Lipinski definition) is 2. The minimum atomic E-state index is -1.34. The number of benzene rings is 1. The normalized spacial score (nSPS) is 11.2. The van der Waals surface area contributed by atoms with Gasteiger partial charge in [-0.15, -0.1) is 0 Å². The van der Waals surface area contributed by atoms with Crippen molar-refractivity contribution in [1.29, 1.82) is 0 Å². The average molecular weight is 366 g/mol. The predicted octanol–water partition coefficient (Wildman–Crippen LogP) is 1.98. The van der Waals surface area contributed by atoms with Crippen molar-refractivity contribution in [1.82, 2.24) is 9.78 Å². The van der Waals surface area contributed by atoms with Gasteiger partial charge in [0, 0.05) is 6.07 Å². The molecular weight excluding hydrogens is 348 g/mol. The number of nitrogens with zero attached hydrogens (tertiary/aromatic N) is 2. The summed E-state index contributed by atoms with van der Waals surface area (Å²) in [6.07, 6.45) is 1.49. The van der Waals surface area contributed by atoms with Crippen molar-refractivity contribution < 1.29 is 14.0 Å². The molecule has 0 atom stereocenters. The molecule has 138 valence electrons. The average Bonchev–Trinajstić information content (AvgIpc) is 3.16. The molecule has 0 fully saturated rings. The van der Waals surface area contributed by atoms with E-state index in [0.29, 0.717) is 11.5 Å². The van der Waals surface area contributed by atoms with E-state index in [-0.39, 0.29) is 11.3 Å². The summed E-state index contributed by atoms with van der Waals surface area (Å²) in [6.45, 7) is 3.10. The fourth-order valence-corrected chi connectivity index (χ4v) is 2.55. The Bertz CT molecular complexity index is 1050. The number of rotatable bonds is 5. The zero-order valence-corrected chi connectivity index (χ0v) is 14.8. The van der Waals surface area contributed by atoms with Gasteiger partial charge in [0.15, 0.2) is 5.76 Å². The summed E-state index contributed by atoms with van der Waals surface area (Å²) in [5, 5.41) is 6.91. The molecule has 2 heterocycles. The summed E-state index contributed by atoms with van der Waals surface area (Å²) >= 11 is 0. The summed E-state index contributed by atoms with van der Waals surface area (Å²) in [6, 6.07) is 12.6. The van der Waals surface area contributed by atoms with Crippen LogP contribution in [0.25, 0.3) is 11.5 Å². The zero-order valence-electron chi connectivity index (χ0n) is 14.8. The molecule has 0 unspecified atom stereocenters. The van der Waals surface area contributed by atoms with Crippen LogP contribution in [0.4, 0.5) is 5.69 Å². The number of primary amides is 1. The zero-order chi connectivity index (χ0) is 19.6. The highest BCUT2D eigenvalue weighted by molar-refractivity contribution is 6.04. The van der Waals surface area contributed by atoms with E-state index in [2.05, 4.69) is 10.4 Å². The smallest absolute Gasteiger partial charge is 0.267 e. The maximum atomic E-state index is 12.9. The number of amides is 2. The summed E-state index contributed by atoms with van der Waals surface area (Å²) in [5.74, 6) is -0.722. The van der Waals surface area contributed by atoms with E-state index in [9.17, 15) is 14.4 Å². The number of furan rings is 1.